The summed E-state index contributed by atoms with van der Waals surface area (Å²) in [6.45, 7) is 4.67. The molecule has 0 aromatic heterocycles. The maximum atomic E-state index is 11.1. The fraction of sp³-hybridized carbons (Fsp3) is 0.571. The first kappa shape index (κ1) is 13.2. The third-order valence-electron chi connectivity index (χ3n) is 1.13. The predicted molar refractivity (Wildman–Crippen MR) is 48.1 cm³/mol. The summed E-state index contributed by atoms with van der Waals surface area (Å²) in [6.07, 6.45) is 0. The molecule has 0 saturated carbocycles. The van der Waals surface area contributed by atoms with Gasteiger partial charge < -0.3 is 9.26 Å². The molecule has 14 heavy (non-hydrogen) atoms. The van der Waals surface area contributed by atoms with E-state index < -0.39 is 19.6 Å². The van der Waals surface area contributed by atoms with Crippen LogP contribution in [-0.4, -0.2) is 22.4 Å². The van der Waals surface area contributed by atoms with Crippen LogP contribution in [0.4, 0.5) is 0 Å². The summed E-state index contributed by atoms with van der Waals surface area (Å²) in [7, 11) is -4.71. The number of ether oxygens (including phenoxy) is 1. The highest BCUT2D eigenvalue weighted by Crippen LogP contribution is 2.39. The minimum absolute atomic E-state index is 0.111. The van der Waals surface area contributed by atoms with Crippen LogP contribution in [-0.2, 0) is 18.6 Å². The number of phosphoric acid groups is 1. The molecule has 0 amide bonds. The van der Waals surface area contributed by atoms with Crippen LogP contribution in [0.25, 0.3) is 0 Å². The molecule has 0 saturated heterocycles. The number of esters is 1. The van der Waals surface area contributed by atoms with E-state index in [1.165, 1.54) is 13.8 Å². The molecule has 0 aromatic rings. The van der Waals surface area contributed by atoms with Crippen molar-refractivity contribution in [3.8, 4) is 0 Å². The van der Waals surface area contributed by atoms with Crippen molar-refractivity contribution in [2.75, 3.05) is 6.61 Å². The average Bonchev–Trinajstić information content (AvgIpc) is 1.98. The fourth-order valence-corrected chi connectivity index (χ4v) is 1.14. The topological polar surface area (TPSA) is 93.1 Å². The second-order valence-electron chi connectivity index (χ2n) is 2.63. The molecule has 0 radical (unpaired) electrons. The molecule has 0 bridgehead atoms. The lowest BCUT2D eigenvalue weighted by atomic mass is 10.3. The van der Waals surface area contributed by atoms with Gasteiger partial charge in [-0.25, -0.2) is 9.36 Å². The predicted octanol–water partition coefficient (Wildman–Crippen LogP) is 0.953. The van der Waals surface area contributed by atoms with Gasteiger partial charge in [0.05, 0.1) is 6.61 Å². The Bertz CT molecular complexity index is 285. The Morgan fingerprint density at radius 1 is 1.36 bits per heavy atom. The van der Waals surface area contributed by atoms with Crippen LogP contribution in [0.15, 0.2) is 11.3 Å². The van der Waals surface area contributed by atoms with Crippen molar-refractivity contribution >= 4 is 13.8 Å². The van der Waals surface area contributed by atoms with Crippen LogP contribution < -0.4 is 0 Å². The van der Waals surface area contributed by atoms with Gasteiger partial charge in [-0.1, -0.05) is 0 Å². The van der Waals surface area contributed by atoms with Gasteiger partial charge in [0, 0.05) is 0 Å². The average molecular weight is 224 g/mol. The van der Waals surface area contributed by atoms with E-state index in [2.05, 4.69) is 9.26 Å². The summed E-state index contributed by atoms with van der Waals surface area (Å²) in [6, 6.07) is 0. The van der Waals surface area contributed by atoms with Gasteiger partial charge in [-0.2, -0.15) is 0 Å². The molecule has 0 aliphatic heterocycles. The minimum atomic E-state index is -4.71. The van der Waals surface area contributed by atoms with Crippen LogP contribution in [0, 0.1) is 0 Å². The lowest BCUT2D eigenvalue weighted by Crippen LogP contribution is -2.11. The number of hydrogen-bond donors (Lipinski definition) is 2. The minimum Gasteiger partial charge on any atom is -0.460 e. The van der Waals surface area contributed by atoms with Gasteiger partial charge >= 0.3 is 13.8 Å². The van der Waals surface area contributed by atoms with Gasteiger partial charge in [0.15, 0.2) is 0 Å². The lowest BCUT2D eigenvalue weighted by molar-refractivity contribution is -0.141. The molecule has 2 N–H and O–H groups in total. The summed E-state index contributed by atoms with van der Waals surface area (Å²) in [5, 5.41) is 0. The van der Waals surface area contributed by atoms with Crippen molar-refractivity contribution in [3.05, 3.63) is 11.3 Å². The zero-order valence-electron chi connectivity index (χ0n) is 8.18. The van der Waals surface area contributed by atoms with E-state index in [0.29, 0.717) is 5.57 Å². The quantitative estimate of drug-likeness (QED) is 0.319. The van der Waals surface area contributed by atoms with E-state index in [1.807, 2.05) is 0 Å². The Morgan fingerprint density at radius 3 is 2.14 bits per heavy atom. The van der Waals surface area contributed by atoms with Gasteiger partial charge in [-0.05, 0) is 26.3 Å². The normalized spacial score (nSPS) is 10.6. The molecule has 0 heterocycles. The van der Waals surface area contributed by atoms with Crippen LogP contribution in [0.3, 0.4) is 0 Å². The summed E-state index contributed by atoms with van der Waals surface area (Å²) >= 11 is 0. The smallest absolute Gasteiger partial charge is 0.460 e. The van der Waals surface area contributed by atoms with E-state index in [4.69, 9.17) is 9.79 Å². The first-order valence-corrected chi connectivity index (χ1v) is 5.40. The van der Waals surface area contributed by atoms with Crippen LogP contribution in [0.2, 0.25) is 0 Å². The Balaban J connectivity index is 4.74. The van der Waals surface area contributed by atoms with E-state index >= 15 is 0 Å². The van der Waals surface area contributed by atoms with Crippen molar-refractivity contribution in [2.24, 2.45) is 0 Å². The molecule has 6 nitrogen and oxygen atoms in total. The first-order valence-electron chi connectivity index (χ1n) is 3.87. The van der Waals surface area contributed by atoms with E-state index in [-0.39, 0.29) is 6.61 Å². The maximum Gasteiger partial charge on any atom is 0.525 e. The molecule has 82 valence electrons. The van der Waals surface area contributed by atoms with Crippen molar-refractivity contribution in [2.45, 2.75) is 20.8 Å². The van der Waals surface area contributed by atoms with E-state index in [1.54, 1.807) is 6.92 Å². The zero-order valence-corrected chi connectivity index (χ0v) is 9.08. The third kappa shape index (κ3) is 5.01. The molecule has 0 atom stereocenters. The van der Waals surface area contributed by atoms with Gasteiger partial charge in [-0.3, -0.25) is 9.79 Å². The van der Waals surface area contributed by atoms with Crippen molar-refractivity contribution in [1.82, 2.24) is 0 Å². The Kier molecular flexibility index (Phi) is 4.83. The Labute approximate surface area is 81.8 Å². The van der Waals surface area contributed by atoms with Gasteiger partial charge in [0.1, 0.15) is 0 Å². The highest BCUT2D eigenvalue weighted by Gasteiger charge is 2.24. The van der Waals surface area contributed by atoms with Gasteiger partial charge in [0.2, 0.25) is 5.76 Å². The van der Waals surface area contributed by atoms with Crippen LogP contribution in [0.1, 0.15) is 20.8 Å². The number of rotatable bonds is 4. The highest BCUT2D eigenvalue weighted by atomic mass is 31.2. The summed E-state index contributed by atoms with van der Waals surface area (Å²) in [5.74, 6) is -1.32. The summed E-state index contributed by atoms with van der Waals surface area (Å²) in [5.41, 5.74) is 0.340. The van der Waals surface area contributed by atoms with Gasteiger partial charge in [-0.15, -0.1) is 0 Å². The SMILES string of the molecule is CCOC(=O)C(OP(=O)(O)O)=C(C)C. The van der Waals surface area contributed by atoms with Gasteiger partial charge in [0.25, 0.3) is 0 Å². The molecule has 0 aliphatic rings. The number of allylic oxidation sites excluding steroid dienone is 1. The molecular formula is C7H13O6P. The molecule has 0 aliphatic carbocycles. The first-order chi connectivity index (χ1) is 6.28. The molecule has 0 rings (SSSR count). The molecule has 7 heteroatoms. The number of carbonyl (C=O) groups excluding carboxylic acids is 1. The standard InChI is InChI=1S/C7H13O6P/c1-4-12-7(8)6(5(2)3)13-14(9,10)11/h4H2,1-3H3,(H2,9,10,11). The molecule has 0 unspecified atom stereocenters. The summed E-state index contributed by atoms with van der Waals surface area (Å²) < 4.78 is 19.2. The molecule has 0 spiro atoms. The van der Waals surface area contributed by atoms with Crippen LogP contribution >= 0.6 is 7.82 Å². The van der Waals surface area contributed by atoms with E-state index in [9.17, 15) is 9.36 Å². The van der Waals surface area contributed by atoms with E-state index in [0.717, 1.165) is 0 Å². The number of carbonyl (C=O) groups is 1. The van der Waals surface area contributed by atoms with Crippen molar-refractivity contribution in [1.29, 1.82) is 0 Å². The fourth-order valence-electron chi connectivity index (χ4n) is 0.648. The second-order valence-corrected chi connectivity index (χ2v) is 3.80. The van der Waals surface area contributed by atoms with Crippen molar-refractivity contribution < 1.29 is 28.4 Å². The lowest BCUT2D eigenvalue weighted by Gasteiger charge is -2.11. The highest BCUT2D eigenvalue weighted by molar-refractivity contribution is 7.46. The Morgan fingerprint density at radius 2 is 1.86 bits per heavy atom. The molecular weight excluding hydrogens is 211 g/mol. The third-order valence-corrected chi connectivity index (χ3v) is 1.55. The monoisotopic (exact) mass is 224 g/mol. The second kappa shape index (κ2) is 5.14. The van der Waals surface area contributed by atoms with Crippen LogP contribution in [0.5, 0.6) is 0 Å². The number of hydrogen-bond acceptors (Lipinski definition) is 4. The number of phosphoric ester groups is 1. The van der Waals surface area contributed by atoms with Crippen molar-refractivity contribution in [3.63, 3.8) is 0 Å². The largest absolute Gasteiger partial charge is 0.525 e. The Hall–Kier alpha value is -0.840. The zero-order chi connectivity index (χ0) is 11.4. The summed E-state index contributed by atoms with van der Waals surface area (Å²) in [4.78, 5) is 28.1. The molecule has 0 aromatic carbocycles. The molecule has 0 fully saturated rings. The maximum absolute atomic E-state index is 11.1.